The molecule has 1 N–H and O–H groups in total. The molecule has 0 aliphatic heterocycles. The Morgan fingerprint density at radius 2 is 1.82 bits per heavy atom. The minimum atomic E-state index is -4.08. The molecule has 0 saturated heterocycles. The van der Waals surface area contributed by atoms with Crippen molar-refractivity contribution in [2.45, 2.75) is 4.90 Å². The van der Waals surface area contributed by atoms with Gasteiger partial charge in [0.15, 0.2) is 0 Å². The average molecular weight is 320 g/mol. The van der Waals surface area contributed by atoms with Crippen LogP contribution in [0.1, 0.15) is 5.56 Å². The van der Waals surface area contributed by atoms with Crippen LogP contribution < -0.4 is 4.72 Å². The lowest BCUT2D eigenvalue weighted by Crippen LogP contribution is -2.13. The molecule has 0 aliphatic carbocycles. The van der Waals surface area contributed by atoms with Gasteiger partial charge >= 0.3 is 5.69 Å². The number of hydrogen-bond acceptors (Lipinski definition) is 4. The predicted octanol–water partition coefficient (Wildman–Crippen LogP) is 2.52. The first-order chi connectivity index (χ1) is 10.3. The Hall–Kier alpha value is -2.92. The van der Waals surface area contributed by atoms with E-state index in [0.29, 0.717) is 11.6 Å². The molecule has 0 heterocycles. The smallest absolute Gasteiger partial charge is 0.280 e. The number of hydrogen-bond donors (Lipinski definition) is 1. The number of benzene rings is 2. The lowest BCUT2D eigenvalue weighted by molar-refractivity contribution is -0.387. The van der Waals surface area contributed by atoms with Crippen LogP contribution in [-0.2, 0) is 10.0 Å². The zero-order chi connectivity index (χ0) is 16.3. The summed E-state index contributed by atoms with van der Waals surface area (Å²) in [5, 5.41) is 10.7. The fourth-order valence-corrected chi connectivity index (χ4v) is 2.73. The third-order valence-electron chi connectivity index (χ3n) is 2.73. The molecule has 2 aromatic rings. The van der Waals surface area contributed by atoms with E-state index >= 15 is 0 Å². The molecule has 0 bridgehead atoms. The molecular weight excluding hydrogens is 311 g/mol. The van der Waals surface area contributed by atoms with Crippen LogP contribution in [0.3, 0.4) is 0 Å². The van der Waals surface area contributed by atoms with Crippen molar-refractivity contribution >= 4 is 21.4 Å². The average Bonchev–Trinajstić information content (AvgIpc) is 2.47. The Kier molecular flexibility index (Phi) is 4.10. The van der Waals surface area contributed by atoms with Crippen molar-refractivity contribution in [3.63, 3.8) is 0 Å². The predicted molar refractivity (Wildman–Crippen MR) is 78.2 cm³/mol. The number of nitrogens with one attached hydrogen (secondary N) is 1. The number of terminal acetylenes is 1. The highest BCUT2D eigenvalue weighted by atomic mass is 32.2. The SMILES string of the molecule is C#Cc1ccc(NS(=O)(=O)c2ccc(F)c([N+](=O)[O-])c2)cc1. The summed E-state index contributed by atoms with van der Waals surface area (Å²) in [4.78, 5) is 9.26. The second kappa shape index (κ2) is 5.83. The van der Waals surface area contributed by atoms with E-state index in [0.717, 1.165) is 12.1 Å². The number of halogens is 1. The molecule has 0 aliphatic rings. The van der Waals surface area contributed by atoms with Crippen molar-refractivity contribution in [2.24, 2.45) is 0 Å². The van der Waals surface area contributed by atoms with Gasteiger partial charge in [-0.2, -0.15) is 4.39 Å². The van der Waals surface area contributed by atoms with E-state index < -0.39 is 31.3 Å². The van der Waals surface area contributed by atoms with E-state index in [-0.39, 0.29) is 5.69 Å². The maximum Gasteiger partial charge on any atom is 0.306 e. The first kappa shape index (κ1) is 15.5. The van der Waals surface area contributed by atoms with Crippen LogP contribution in [0.5, 0.6) is 0 Å². The molecule has 8 heteroatoms. The Bertz CT molecular complexity index is 871. The molecule has 0 amide bonds. The Labute approximate surface area is 125 Å². The van der Waals surface area contributed by atoms with Gasteiger partial charge in [0.25, 0.3) is 10.0 Å². The molecule has 0 unspecified atom stereocenters. The monoisotopic (exact) mass is 320 g/mol. The number of nitrogens with zero attached hydrogens (tertiary/aromatic N) is 1. The zero-order valence-electron chi connectivity index (χ0n) is 11.0. The highest BCUT2D eigenvalue weighted by molar-refractivity contribution is 7.92. The number of anilines is 1. The van der Waals surface area contributed by atoms with Crippen LogP contribution in [0, 0.1) is 28.3 Å². The summed E-state index contributed by atoms with van der Waals surface area (Å²) in [6.45, 7) is 0. The molecule has 0 atom stereocenters. The summed E-state index contributed by atoms with van der Waals surface area (Å²) in [5.41, 5.74) is -0.114. The summed E-state index contributed by atoms with van der Waals surface area (Å²) in [6, 6.07) is 8.30. The fraction of sp³-hybridized carbons (Fsp3) is 0. The summed E-state index contributed by atoms with van der Waals surface area (Å²) in [6.07, 6.45) is 5.19. The van der Waals surface area contributed by atoms with Gasteiger partial charge in [0.2, 0.25) is 5.82 Å². The molecule has 0 aromatic heterocycles. The Balaban J connectivity index is 2.36. The largest absolute Gasteiger partial charge is 0.306 e. The molecule has 0 saturated carbocycles. The Morgan fingerprint density at radius 3 is 2.36 bits per heavy atom. The van der Waals surface area contributed by atoms with Gasteiger partial charge in [0, 0.05) is 17.3 Å². The minimum Gasteiger partial charge on any atom is -0.280 e. The summed E-state index contributed by atoms with van der Waals surface area (Å²) >= 11 is 0. The van der Waals surface area contributed by atoms with E-state index in [9.17, 15) is 22.9 Å². The summed E-state index contributed by atoms with van der Waals surface area (Å²) < 4.78 is 39.8. The van der Waals surface area contributed by atoms with E-state index in [2.05, 4.69) is 10.6 Å². The number of sulfonamides is 1. The maximum atomic E-state index is 13.2. The quantitative estimate of drug-likeness (QED) is 0.532. The normalized spacial score (nSPS) is 10.7. The van der Waals surface area contributed by atoms with Gasteiger partial charge in [0.05, 0.1) is 9.82 Å². The molecule has 0 spiro atoms. The van der Waals surface area contributed by atoms with Crippen LogP contribution in [0.2, 0.25) is 0 Å². The van der Waals surface area contributed by atoms with Gasteiger partial charge in [-0.05, 0) is 36.4 Å². The van der Waals surface area contributed by atoms with Crippen molar-refractivity contribution in [3.8, 4) is 12.3 Å². The standard InChI is InChI=1S/C14H9FN2O4S/c1-2-10-3-5-11(6-4-10)16-22(20,21)12-7-8-13(15)14(9-12)17(18)19/h1,3-9,16H. The van der Waals surface area contributed by atoms with Crippen LogP contribution >= 0.6 is 0 Å². The highest BCUT2D eigenvalue weighted by Gasteiger charge is 2.21. The van der Waals surface area contributed by atoms with Crippen molar-refractivity contribution < 1.29 is 17.7 Å². The molecule has 2 rings (SSSR count). The lowest BCUT2D eigenvalue weighted by atomic mass is 10.2. The lowest BCUT2D eigenvalue weighted by Gasteiger charge is -2.08. The van der Waals surface area contributed by atoms with E-state index in [1.807, 2.05) is 0 Å². The first-order valence-corrected chi connectivity index (χ1v) is 7.35. The van der Waals surface area contributed by atoms with Gasteiger partial charge in [0.1, 0.15) is 0 Å². The number of nitro groups is 1. The Morgan fingerprint density at radius 1 is 1.18 bits per heavy atom. The van der Waals surface area contributed by atoms with E-state index in [1.165, 1.54) is 24.3 Å². The summed E-state index contributed by atoms with van der Waals surface area (Å²) in [7, 11) is -4.08. The summed E-state index contributed by atoms with van der Waals surface area (Å²) in [5.74, 6) is 1.27. The molecular formula is C14H9FN2O4S. The van der Waals surface area contributed by atoms with Gasteiger partial charge in [-0.15, -0.1) is 6.42 Å². The van der Waals surface area contributed by atoms with Gasteiger partial charge in [-0.1, -0.05) is 5.92 Å². The molecule has 0 radical (unpaired) electrons. The van der Waals surface area contributed by atoms with Crippen LogP contribution in [-0.4, -0.2) is 13.3 Å². The van der Waals surface area contributed by atoms with Gasteiger partial charge < -0.3 is 0 Å². The second-order valence-corrected chi connectivity index (χ2v) is 5.88. The minimum absolute atomic E-state index is 0.228. The molecule has 22 heavy (non-hydrogen) atoms. The highest BCUT2D eigenvalue weighted by Crippen LogP contribution is 2.23. The van der Waals surface area contributed by atoms with Crippen LogP contribution in [0.15, 0.2) is 47.4 Å². The van der Waals surface area contributed by atoms with Gasteiger partial charge in [-0.25, -0.2) is 8.42 Å². The number of nitro benzene ring substituents is 1. The molecule has 6 nitrogen and oxygen atoms in total. The zero-order valence-corrected chi connectivity index (χ0v) is 11.8. The number of rotatable bonds is 4. The fourth-order valence-electron chi connectivity index (χ4n) is 1.65. The van der Waals surface area contributed by atoms with Crippen molar-refractivity contribution in [1.29, 1.82) is 0 Å². The second-order valence-electron chi connectivity index (χ2n) is 4.20. The van der Waals surface area contributed by atoms with E-state index in [4.69, 9.17) is 6.42 Å². The van der Waals surface area contributed by atoms with Gasteiger partial charge in [-0.3, -0.25) is 14.8 Å². The molecule has 2 aromatic carbocycles. The molecule has 112 valence electrons. The molecule has 0 fully saturated rings. The van der Waals surface area contributed by atoms with E-state index in [1.54, 1.807) is 0 Å². The topological polar surface area (TPSA) is 89.3 Å². The van der Waals surface area contributed by atoms with Crippen LogP contribution in [0.25, 0.3) is 0 Å². The van der Waals surface area contributed by atoms with Crippen LogP contribution in [0.4, 0.5) is 15.8 Å². The first-order valence-electron chi connectivity index (χ1n) is 5.87. The van der Waals surface area contributed by atoms with Crippen molar-refractivity contribution in [2.75, 3.05) is 4.72 Å². The van der Waals surface area contributed by atoms with Crippen molar-refractivity contribution in [3.05, 3.63) is 64.0 Å². The third-order valence-corrected chi connectivity index (χ3v) is 4.11. The van der Waals surface area contributed by atoms with Crippen molar-refractivity contribution in [1.82, 2.24) is 0 Å². The maximum absolute atomic E-state index is 13.2. The third kappa shape index (κ3) is 3.21.